The number of anilines is 1. The van der Waals surface area contributed by atoms with E-state index < -0.39 is 9.84 Å². The zero-order valence-corrected chi connectivity index (χ0v) is 19.5. The number of thioether (sulfide) groups is 1. The number of nitrogens with one attached hydrogen (secondary N) is 1. The molecule has 1 aliphatic heterocycles. The third kappa shape index (κ3) is 4.50. The average molecular weight is 459 g/mol. The van der Waals surface area contributed by atoms with E-state index >= 15 is 0 Å². The first-order chi connectivity index (χ1) is 14.9. The van der Waals surface area contributed by atoms with Crippen LogP contribution in [0, 0.1) is 0 Å². The number of hydrazine groups is 1. The molecule has 0 spiro atoms. The van der Waals surface area contributed by atoms with Gasteiger partial charge in [0.25, 0.3) is 0 Å². The Labute approximate surface area is 187 Å². The van der Waals surface area contributed by atoms with Crippen LogP contribution < -0.4 is 10.2 Å². The second-order valence-corrected chi connectivity index (χ2v) is 10.3. The minimum Gasteiger partial charge on any atom is -0.497 e. The predicted octanol–water partition coefficient (Wildman–Crippen LogP) is 3.37. The van der Waals surface area contributed by atoms with E-state index in [1.54, 1.807) is 43.1 Å². The van der Waals surface area contributed by atoms with E-state index in [0.717, 1.165) is 42.0 Å². The highest BCUT2D eigenvalue weighted by Gasteiger charge is 2.26. The van der Waals surface area contributed by atoms with Crippen molar-refractivity contribution in [3.8, 4) is 5.75 Å². The maximum absolute atomic E-state index is 13.6. The maximum Gasteiger partial charge on any atom is 0.210 e. The fourth-order valence-electron chi connectivity index (χ4n) is 3.56. The van der Waals surface area contributed by atoms with Crippen molar-refractivity contribution in [3.05, 3.63) is 48.7 Å². The Morgan fingerprint density at radius 3 is 2.42 bits per heavy atom. The van der Waals surface area contributed by atoms with Gasteiger partial charge >= 0.3 is 0 Å². The summed E-state index contributed by atoms with van der Waals surface area (Å²) in [5.41, 5.74) is 4.74. The zero-order chi connectivity index (χ0) is 22.0. The Bertz CT molecular complexity index is 1180. The van der Waals surface area contributed by atoms with Crippen molar-refractivity contribution in [2.75, 3.05) is 52.0 Å². The Morgan fingerprint density at radius 2 is 1.77 bits per heavy atom. The number of nitrogens with zero attached hydrogens (tertiary/aromatic N) is 3. The number of pyridine rings is 1. The van der Waals surface area contributed by atoms with Crippen LogP contribution in [0.5, 0.6) is 5.75 Å². The molecule has 4 rings (SSSR count). The second-order valence-electron chi connectivity index (χ2n) is 7.46. The molecular weight excluding hydrogens is 432 g/mol. The van der Waals surface area contributed by atoms with Gasteiger partial charge in [-0.1, -0.05) is 0 Å². The second kappa shape index (κ2) is 9.04. The highest BCUT2D eigenvalue weighted by molar-refractivity contribution is 7.98. The first kappa shape index (κ1) is 21.9. The number of rotatable bonds is 6. The lowest BCUT2D eigenvalue weighted by Gasteiger charge is -2.33. The minimum absolute atomic E-state index is 0.169. The highest BCUT2D eigenvalue weighted by atomic mass is 32.2. The number of piperazine rings is 1. The SMILES string of the molecule is COc1ccc(S(=O)(=O)c2cnc3ccc(SC)cc3c2NN2CCN(C)CC2)cc1. The maximum atomic E-state index is 13.6. The van der Waals surface area contributed by atoms with Gasteiger partial charge in [-0.3, -0.25) is 4.98 Å². The van der Waals surface area contributed by atoms with Crippen molar-refractivity contribution in [3.63, 3.8) is 0 Å². The highest BCUT2D eigenvalue weighted by Crippen LogP contribution is 2.35. The third-order valence-electron chi connectivity index (χ3n) is 5.47. The van der Waals surface area contributed by atoms with Crippen LogP contribution in [0.25, 0.3) is 10.9 Å². The van der Waals surface area contributed by atoms with Gasteiger partial charge in [-0.05, 0) is 55.8 Å². The molecule has 0 saturated carbocycles. The van der Waals surface area contributed by atoms with Crippen LogP contribution in [0.4, 0.5) is 5.69 Å². The summed E-state index contributed by atoms with van der Waals surface area (Å²) in [5.74, 6) is 0.607. The van der Waals surface area contributed by atoms with Crippen molar-refractivity contribution >= 4 is 38.2 Å². The number of ether oxygens (including phenoxy) is 1. The molecule has 7 nitrogen and oxygen atoms in total. The van der Waals surface area contributed by atoms with Gasteiger partial charge in [0.2, 0.25) is 9.84 Å². The standard InChI is InChI=1S/C22H26N4O3S2/c1-25-10-12-26(13-11-25)24-22-19-14-17(30-3)6-9-20(19)23-15-21(22)31(27,28)18-7-4-16(29-2)5-8-18/h4-9,14-15H,10-13H2,1-3H3,(H,23,24). The average Bonchev–Trinajstić information content (AvgIpc) is 2.80. The molecule has 1 saturated heterocycles. The van der Waals surface area contributed by atoms with Crippen molar-refractivity contribution in [2.45, 2.75) is 14.7 Å². The van der Waals surface area contributed by atoms with Crippen LogP contribution in [0.3, 0.4) is 0 Å². The molecule has 1 N–H and O–H groups in total. The molecule has 2 heterocycles. The van der Waals surface area contributed by atoms with Crippen LogP contribution in [-0.2, 0) is 9.84 Å². The van der Waals surface area contributed by atoms with Crippen LogP contribution in [0.2, 0.25) is 0 Å². The molecule has 9 heteroatoms. The summed E-state index contributed by atoms with van der Waals surface area (Å²) < 4.78 is 32.4. The first-order valence-electron chi connectivity index (χ1n) is 9.98. The number of methoxy groups -OCH3 is 1. The lowest BCUT2D eigenvalue weighted by atomic mass is 10.2. The Kier molecular flexibility index (Phi) is 6.38. The molecule has 1 aliphatic rings. The summed E-state index contributed by atoms with van der Waals surface area (Å²) in [4.78, 5) is 8.15. The van der Waals surface area contributed by atoms with Gasteiger partial charge in [-0.15, -0.1) is 11.8 Å². The Balaban J connectivity index is 1.84. The number of benzene rings is 2. The molecule has 0 amide bonds. The quantitative estimate of drug-likeness (QED) is 0.564. The van der Waals surface area contributed by atoms with Crippen molar-refractivity contribution < 1.29 is 13.2 Å². The summed E-state index contributed by atoms with van der Waals surface area (Å²) in [6, 6.07) is 12.4. The fourth-order valence-corrected chi connectivity index (χ4v) is 5.36. The summed E-state index contributed by atoms with van der Waals surface area (Å²) >= 11 is 1.61. The normalized spacial score (nSPS) is 15.8. The smallest absolute Gasteiger partial charge is 0.210 e. The molecule has 0 aliphatic carbocycles. The lowest BCUT2D eigenvalue weighted by Crippen LogP contribution is -2.47. The van der Waals surface area contributed by atoms with Gasteiger partial charge in [0.15, 0.2) is 0 Å². The molecule has 0 bridgehead atoms. The number of hydrogen-bond donors (Lipinski definition) is 1. The molecule has 0 atom stereocenters. The number of aromatic nitrogens is 1. The largest absolute Gasteiger partial charge is 0.497 e. The summed E-state index contributed by atoms with van der Waals surface area (Å²) in [6.45, 7) is 3.41. The van der Waals surface area contributed by atoms with Gasteiger partial charge in [-0.2, -0.15) is 0 Å². The summed E-state index contributed by atoms with van der Waals surface area (Å²) in [7, 11) is -0.151. The molecule has 164 valence electrons. The Morgan fingerprint density at radius 1 is 1.06 bits per heavy atom. The third-order valence-corrected chi connectivity index (χ3v) is 7.98. The fraction of sp³-hybridized carbons (Fsp3) is 0.318. The lowest BCUT2D eigenvalue weighted by molar-refractivity contribution is 0.179. The van der Waals surface area contributed by atoms with Crippen molar-refractivity contribution in [1.29, 1.82) is 0 Å². The van der Waals surface area contributed by atoms with E-state index in [9.17, 15) is 8.42 Å². The van der Waals surface area contributed by atoms with Crippen LogP contribution in [0.15, 0.2) is 63.3 Å². The van der Waals surface area contributed by atoms with Crippen LogP contribution >= 0.6 is 11.8 Å². The summed E-state index contributed by atoms with van der Waals surface area (Å²) in [6.07, 6.45) is 3.46. The van der Waals surface area contributed by atoms with Crippen molar-refractivity contribution in [2.24, 2.45) is 0 Å². The van der Waals surface area contributed by atoms with E-state index in [1.165, 1.54) is 6.20 Å². The van der Waals surface area contributed by atoms with E-state index in [2.05, 4.69) is 27.4 Å². The molecule has 2 aromatic carbocycles. The van der Waals surface area contributed by atoms with E-state index in [1.807, 2.05) is 24.5 Å². The zero-order valence-electron chi connectivity index (χ0n) is 17.8. The molecular formula is C22H26N4O3S2. The van der Waals surface area contributed by atoms with Crippen molar-refractivity contribution in [1.82, 2.24) is 14.9 Å². The van der Waals surface area contributed by atoms with Gasteiger partial charge in [-0.25, -0.2) is 13.4 Å². The number of likely N-dealkylation sites (N-methyl/N-ethyl adjacent to an activating group) is 1. The molecule has 31 heavy (non-hydrogen) atoms. The molecule has 1 fully saturated rings. The van der Waals surface area contributed by atoms with Crippen LogP contribution in [-0.4, -0.2) is 69.9 Å². The van der Waals surface area contributed by atoms with E-state index in [4.69, 9.17) is 4.74 Å². The van der Waals surface area contributed by atoms with Gasteiger partial charge in [0, 0.05) is 42.7 Å². The number of sulfone groups is 1. The van der Waals surface area contributed by atoms with E-state index in [-0.39, 0.29) is 9.79 Å². The molecule has 1 aromatic heterocycles. The number of hydrogen-bond acceptors (Lipinski definition) is 8. The van der Waals surface area contributed by atoms with Gasteiger partial charge < -0.3 is 15.1 Å². The minimum atomic E-state index is -3.79. The van der Waals surface area contributed by atoms with Gasteiger partial charge in [0.1, 0.15) is 10.6 Å². The molecule has 0 radical (unpaired) electrons. The predicted molar refractivity (Wildman–Crippen MR) is 125 cm³/mol. The first-order valence-corrected chi connectivity index (χ1v) is 12.7. The Hall–Kier alpha value is -2.33. The monoisotopic (exact) mass is 458 g/mol. The van der Waals surface area contributed by atoms with E-state index in [0.29, 0.717) is 11.4 Å². The van der Waals surface area contributed by atoms with Gasteiger partial charge in [0.05, 0.1) is 23.2 Å². The topological polar surface area (TPSA) is 74.8 Å². The summed E-state index contributed by atoms with van der Waals surface area (Å²) in [5, 5.41) is 2.87. The van der Waals surface area contributed by atoms with Crippen LogP contribution in [0.1, 0.15) is 0 Å². The number of fused-ring (bicyclic) bond motifs is 1. The molecule has 3 aromatic rings. The molecule has 0 unspecified atom stereocenters.